The molecule has 4 nitrogen and oxygen atoms in total. The van der Waals surface area contributed by atoms with E-state index in [4.69, 9.17) is 0 Å². The summed E-state index contributed by atoms with van der Waals surface area (Å²) in [6.45, 7) is 4.30. The molecule has 0 fully saturated rings. The molecule has 2 N–H and O–H groups in total. The van der Waals surface area contributed by atoms with Crippen LogP contribution in [0.25, 0.3) is 0 Å². The number of benzene rings is 2. The number of rotatable bonds is 5. The van der Waals surface area contributed by atoms with Gasteiger partial charge in [-0.05, 0) is 37.6 Å². The van der Waals surface area contributed by atoms with Crippen LogP contribution in [0.1, 0.15) is 16.8 Å². The fraction of sp³-hybridized carbons (Fsp3) is 0.158. The van der Waals surface area contributed by atoms with E-state index in [1.807, 2.05) is 50.2 Å². The lowest BCUT2D eigenvalue weighted by Crippen LogP contribution is -2.06. The summed E-state index contributed by atoms with van der Waals surface area (Å²) in [7, 11) is 0. The second kappa shape index (κ2) is 7.08. The number of hydrogen-bond acceptors (Lipinski definition) is 4. The van der Waals surface area contributed by atoms with Crippen LogP contribution in [0.15, 0.2) is 54.6 Å². The predicted octanol–water partition coefficient (Wildman–Crippen LogP) is 4.59. The summed E-state index contributed by atoms with van der Waals surface area (Å²) in [5, 5.41) is 6.35. The highest BCUT2D eigenvalue weighted by molar-refractivity contribution is 5.56. The minimum atomic E-state index is -0.228. The topological polar surface area (TPSA) is 49.8 Å². The number of nitrogens with one attached hydrogen (secondary N) is 2. The molecule has 0 unspecified atom stereocenters. The van der Waals surface area contributed by atoms with Gasteiger partial charge in [-0.2, -0.15) is 4.98 Å². The van der Waals surface area contributed by atoms with Crippen molar-refractivity contribution in [1.82, 2.24) is 9.97 Å². The van der Waals surface area contributed by atoms with Crippen LogP contribution in [0.3, 0.4) is 0 Å². The summed E-state index contributed by atoms with van der Waals surface area (Å²) in [6, 6.07) is 16.5. The highest BCUT2D eigenvalue weighted by atomic mass is 19.1. The van der Waals surface area contributed by atoms with E-state index in [9.17, 15) is 4.39 Å². The van der Waals surface area contributed by atoms with Crippen molar-refractivity contribution < 1.29 is 4.39 Å². The summed E-state index contributed by atoms with van der Waals surface area (Å²) in [5.74, 6) is 0.937. The summed E-state index contributed by atoms with van der Waals surface area (Å²) >= 11 is 0. The summed E-state index contributed by atoms with van der Waals surface area (Å²) in [4.78, 5) is 8.84. The molecular weight excluding hydrogens is 303 g/mol. The SMILES string of the molecule is Cc1cccc(Nc2nc(C)cc(NCc3ccccc3F)n2)c1. The van der Waals surface area contributed by atoms with Crippen molar-refractivity contribution >= 4 is 17.5 Å². The van der Waals surface area contributed by atoms with Gasteiger partial charge in [0.05, 0.1) is 0 Å². The predicted molar refractivity (Wildman–Crippen MR) is 95.0 cm³/mol. The second-order valence-electron chi connectivity index (χ2n) is 5.66. The summed E-state index contributed by atoms with van der Waals surface area (Å²) < 4.78 is 13.7. The zero-order valence-electron chi connectivity index (χ0n) is 13.7. The monoisotopic (exact) mass is 322 g/mol. The van der Waals surface area contributed by atoms with Crippen LogP contribution in [0.2, 0.25) is 0 Å². The van der Waals surface area contributed by atoms with Crippen LogP contribution >= 0.6 is 0 Å². The van der Waals surface area contributed by atoms with Crippen molar-refractivity contribution in [1.29, 1.82) is 0 Å². The van der Waals surface area contributed by atoms with Crippen LogP contribution in [0.4, 0.5) is 21.8 Å². The average Bonchev–Trinajstić information content (AvgIpc) is 2.53. The van der Waals surface area contributed by atoms with Gasteiger partial charge >= 0.3 is 0 Å². The van der Waals surface area contributed by atoms with E-state index >= 15 is 0 Å². The Morgan fingerprint density at radius 2 is 1.79 bits per heavy atom. The van der Waals surface area contributed by atoms with Crippen molar-refractivity contribution in [2.24, 2.45) is 0 Å². The molecule has 0 bridgehead atoms. The molecule has 5 heteroatoms. The van der Waals surface area contributed by atoms with Crippen LogP contribution in [-0.2, 0) is 6.54 Å². The van der Waals surface area contributed by atoms with E-state index in [0.717, 1.165) is 16.9 Å². The first-order chi connectivity index (χ1) is 11.6. The number of aromatic nitrogens is 2. The largest absolute Gasteiger partial charge is 0.366 e. The van der Waals surface area contributed by atoms with E-state index in [0.29, 0.717) is 23.9 Å². The Balaban J connectivity index is 1.75. The Bertz CT molecular complexity index is 848. The average molecular weight is 322 g/mol. The molecule has 24 heavy (non-hydrogen) atoms. The van der Waals surface area contributed by atoms with Gasteiger partial charge in [0.2, 0.25) is 5.95 Å². The first-order valence-corrected chi connectivity index (χ1v) is 7.77. The Hall–Kier alpha value is -2.95. The normalized spacial score (nSPS) is 10.5. The third-order valence-corrected chi connectivity index (χ3v) is 3.55. The maximum Gasteiger partial charge on any atom is 0.229 e. The van der Waals surface area contributed by atoms with E-state index in [1.54, 1.807) is 12.1 Å². The molecule has 0 saturated carbocycles. The Labute approximate surface area is 140 Å². The van der Waals surface area contributed by atoms with Gasteiger partial charge in [0.1, 0.15) is 11.6 Å². The first kappa shape index (κ1) is 15.9. The van der Waals surface area contributed by atoms with Gasteiger partial charge in [-0.25, -0.2) is 9.37 Å². The van der Waals surface area contributed by atoms with Gasteiger partial charge in [-0.3, -0.25) is 0 Å². The Morgan fingerprint density at radius 1 is 0.958 bits per heavy atom. The van der Waals surface area contributed by atoms with Gasteiger partial charge < -0.3 is 10.6 Å². The quantitative estimate of drug-likeness (QED) is 0.721. The zero-order chi connectivity index (χ0) is 16.9. The van der Waals surface area contributed by atoms with E-state index in [-0.39, 0.29) is 5.82 Å². The van der Waals surface area contributed by atoms with Gasteiger partial charge in [-0.1, -0.05) is 30.3 Å². The van der Waals surface area contributed by atoms with E-state index < -0.39 is 0 Å². The molecule has 3 rings (SSSR count). The van der Waals surface area contributed by atoms with Gasteiger partial charge in [0.15, 0.2) is 0 Å². The minimum absolute atomic E-state index is 0.228. The maximum atomic E-state index is 13.7. The first-order valence-electron chi connectivity index (χ1n) is 7.77. The van der Waals surface area contributed by atoms with Gasteiger partial charge in [0, 0.05) is 29.6 Å². The number of nitrogens with zero attached hydrogens (tertiary/aromatic N) is 2. The molecule has 0 aliphatic carbocycles. The summed E-state index contributed by atoms with van der Waals surface area (Å²) in [6.07, 6.45) is 0. The molecule has 0 aliphatic rings. The van der Waals surface area contributed by atoms with Gasteiger partial charge in [-0.15, -0.1) is 0 Å². The molecule has 1 heterocycles. The zero-order valence-corrected chi connectivity index (χ0v) is 13.7. The van der Waals surface area contributed by atoms with Crippen molar-refractivity contribution in [3.8, 4) is 0 Å². The smallest absolute Gasteiger partial charge is 0.229 e. The Kier molecular flexibility index (Phi) is 4.70. The lowest BCUT2D eigenvalue weighted by Gasteiger charge is -2.11. The Morgan fingerprint density at radius 3 is 2.58 bits per heavy atom. The van der Waals surface area contributed by atoms with Crippen molar-refractivity contribution in [3.63, 3.8) is 0 Å². The van der Waals surface area contributed by atoms with Crippen LogP contribution in [0, 0.1) is 19.7 Å². The van der Waals surface area contributed by atoms with Crippen LogP contribution < -0.4 is 10.6 Å². The second-order valence-corrected chi connectivity index (χ2v) is 5.66. The number of halogens is 1. The lowest BCUT2D eigenvalue weighted by atomic mass is 10.2. The van der Waals surface area contributed by atoms with Crippen molar-refractivity contribution in [2.75, 3.05) is 10.6 Å². The van der Waals surface area contributed by atoms with E-state index in [2.05, 4.69) is 20.6 Å². The third kappa shape index (κ3) is 4.07. The van der Waals surface area contributed by atoms with Crippen molar-refractivity contribution in [2.45, 2.75) is 20.4 Å². The molecule has 1 aromatic heterocycles. The summed E-state index contributed by atoms with van der Waals surface area (Å²) in [5.41, 5.74) is 3.52. The third-order valence-electron chi connectivity index (χ3n) is 3.55. The number of aryl methyl sites for hydroxylation is 2. The van der Waals surface area contributed by atoms with E-state index in [1.165, 1.54) is 6.07 Å². The fourth-order valence-corrected chi connectivity index (χ4v) is 2.39. The molecule has 0 saturated heterocycles. The van der Waals surface area contributed by atoms with Crippen LogP contribution in [-0.4, -0.2) is 9.97 Å². The maximum absolute atomic E-state index is 13.7. The fourth-order valence-electron chi connectivity index (χ4n) is 2.39. The highest BCUT2D eigenvalue weighted by Crippen LogP contribution is 2.17. The van der Waals surface area contributed by atoms with Crippen LogP contribution in [0.5, 0.6) is 0 Å². The molecule has 2 aromatic carbocycles. The molecule has 122 valence electrons. The molecule has 3 aromatic rings. The van der Waals surface area contributed by atoms with Crippen molar-refractivity contribution in [3.05, 3.63) is 77.2 Å². The number of anilines is 3. The molecule has 0 radical (unpaired) electrons. The minimum Gasteiger partial charge on any atom is -0.366 e. The number of hydrogen-bond donors (Lipinski definition) is 2. The highest BCUT2D eigenvalue weighted by Gasteiger charge is 2.05. The molecule has 0 amide bonds. The standard InChI is InChI=1S/C19H19FN4/c1-13-6-5-8-16(10-13)23-19-22-14(2)11-18(24-19)21-12-15-7-3-4-9-17(15)20/h3-11H,12H2,1-2H3,(H2,21,22,23,24). The molecular formula is C19H19FN4. The molecule has 0 aliphatic heterocycles. The van der Waals surface area contributed by atoms with Gasteiger partial charge in [0.25, 0.3) is 0 Å². The lowest BCUT2D eigenvalue weighted by molar-refractivity contribution is 0.613. The molecule has 0 spiro atoms. The molecule has 0 atom stereocenters.